The van der Waals surface area contributed by atoms with Crippen LogP contribution >= 0.6 is 0 Å². The van der Waals surface area contributed by atoms with E-state index in [4.69, 9.17) is 15.2 Å². The van der Waals surface area contributed by atoms with Crippen molar-refractivity contribution in [2.75, 3.05) is 26.9 Å². The number of sulfonamides is 1. The largest absolute Gasteiger partial charge is 0.494 e. The molecule has 2 rings (SSSR count). The minimum Gasteiger partial charge on any atom is -0.494 e. The van der Waals surface area contributed by atoms with Crippen LogP contribution in [0, 0.1) is 0 Å². The molecule has 2 N–H and O–H groups in total. The molecule has 1 aromatic rings. The van der Waals surface area contributed by atoms with Gasteiger partial charge in [0, 0.05) is 13.7 Å². The second kappa shape index (κ2) is 6.86. The highest BCUT2D eigenvalue weighted by Crippen LogP contribution is 2.35. The highest BCUT2D eigenvalue weighted by molar-refractivity contribution is 7.89. The van der Waals surface area contributed by atoms with Crippen molar-refractivity contribution in [3.05, 3.63) is 24.3 Å². The number of hydrogen-bond acceptors (Lipinski definition) is 5. The summed E-state index contributed by atoms with van der Waals surface area (Å²) in [7, 11) is -2.43. The minimum atomic E-state index is -3.85. The molecule has 1 saturated heterocycles. The third-order valence-corrected chi connectivity index (χ3v) is 5.97. The number of methoxy groups -OCH3 is 1. The number of carbonyl (C=O) groups excluding carboxylic acids is 1. The number of amides is 1. The van der Waals surface area contributed by atoms with Crippen molar-refractivity contribution in [1.82, 2.24) is 4.31 Å². The molecular formula is C15H22N2O5S. The molecule has 0 aromatic heterocycles. The molecule has 1 unspecified atom stereocenters. The maximum atomic E-state index is 12.9. The van der Waals surface area contributed by atoms with Crippen LogP contribution in [0.5, 0.6) is 5.75 Å². The van der Waals surface area contributed by atoms with Crippen LogP contribution in [0.2, 0.25) is 0 Å². The zero-order chi connectivity index (χ0) is 17.1. The van der Waals surface area contributed by atoms with Crippen LogP contribution in [0.3, 0.4) is 0 Å². The quantitative estimate of drug-likeness (QED) is 0.788. The molecule has 0 spiro atoms. The Hall–Kier alpha value is -1.64. The minimum absolute atomic E-state index is 0.0570. The number of carbonyl (C=O) groups is 1. The van der Waals surface area contributed by atoms with Gasteiger partial charge in [0.1, 0.15) is 11.3 Å². The van der Waals surface area contributed by atoms with E-state index in [1.165, 1.54) is 23.5 Å². The summed E-state index contributed by atoms with van der Waals surface area (Å²) >= 11 is 0. The van der Waals surface area contributed by atoms with E-state index < -0.39 is 21.5 Å². The van der Waals surface area contributed by atoms with Gasteiger partial charge < -0.3 is 15.2 Å². The number of primary amides is 1. The Morgan fingerprint density at radius 3 is 2.52 bits per heavy atom. The van der Waals surface area contributed by atoms with Crippen molar-refractivity contribution in [1.29, 1.82) is 0 Å². The third-order valence-electron chi connectivity index (χ3n) is 3.99. The standard InChI is InChI=1S/C15H22N2O5S/c1-3-22-12-5-7-13(8-6-12)23(19,20)17-10-4-9-15(17,11-21-2)14(16)18/h5-8H,3-4,9-11H2,1-2H3,(H2,16,18). The lowest BCUT2D eigenvalue weighted by Crippen LogP contribution is -2.58. The Bertz CT molecular complexity index is 659. The number of hydrogen-bond donors (Lipinski definition) is 1. The number of ether oxygens (including phenoxy) is 2. The average molecular weight is 342 g/mol. The van der Waals surface area contributed by atoms with Crippen molar-refractivity contribution < 1.29 is 22.7 Å². The molecule has 1 fully saturated rings. The Morgan fingerprint density at radius 2 is 2.00 bits per heavy atom. The van der Waals surface area contributed by atoms with Crippen LogP contribution in [0.4, 0.5) is 0 Å². The lowest BCUT2D eigenvalue weighted by Gasteiger charge is -2.34. The summed E-state index contributed by atoms with van der Waals surface area (Å²) in [6, 6.07) is 6.12. The van der Waals surface area contributed by atoms with Gasteiger partial charge in [-0.05, 0) is 44.0 Å². The van der Waals surface area contributed by atoms with Gasteiger partial charge in [-0.1, -0.05) is 0 Å². The SMILES string of the molecule is CCOc1ccc(S(=O)(=O)N2CCCC2(COC)C(N)=O)cc1. The first-order chi connectivity index (χ1) is 10.9. The van der Waals surface area contributed by atoms with E-state index in [1.54, 1.807) is 12.1 Å². The van der Waals surface area contributed by atoms with Crippen molar-refractivity contribution >= 4 is 15.9 Å². The fraction of sp³-hybridized carbons (Fsp3) is 0.533. The summed E-state index contributed by atoms with van der Waals surface area (Å²) in [5.74, 6) is -0.0997. The summed E-state index contributed by atoms with van der Waals surface area (Å²) < 4.78 is 37.4. The Labute approximate surface area is 136 Å². The highest BCUT2D eigenvalue weighted by atomic mass is 32.2. The maximum absolute atomic E-state index is 12.9. The Morgan fingerprint density at radius 1 is 1.35 bits per heavy atom. The molecule has 1 aliphatic heterocycles. The van der Waals surface area contributed by atoms with Gasteiger partial charge in [-0.3, -0.25) is 4.79 Å². The van der Waals surface area contributed by atoms with Crippen molar-refractivity contribution in [3.8, 4) is 5.75 Å². The van der Waals surface area contributed by atoms with Crippen LogP contribution in [0.1, 0.15) is 19.8 Å². The lowest BCUT2D eigenvalue weighted by molar-refractivity contribution is -0.128. The fourth-order valence-electron chi connectivity index (χ4n) is 2.91. The monoisotopic (exact) mass is 342 g/mol. The van der Waals surface area contributed by atoms with Gasteiger partial charge in [-0.15, -0.1) is 0 Å². The molecule has 1 aromatic carbocycles. The molecule has 1 aliphatic rings. The first-order valence-electron chi connectivity index (χ1n) is 7.43. The van der Waals surface area contributed by atoms with Crippen molar-refractivity contribution in [3.63, 3.8) is 0 Å². The molecule has 0 bridgehead atoms. The first-order valence-corrected chi connectivity index (χ1v) is 8.87. The zero-order valence-corrected chi connectivity index (χ0v) is 14.1. The molecule has 0 aliphatic carbocycles. The van der Waals surface area contributed by atoms with Gasteiger partial charge >= 0.3 is 0 Å². The first kappa shape index (κ1) is 17.7. The molecule has 1 heterocycles. The Balaban J connectivity index is 2.39. The zero-order valence-electron chi connectivity index (χ0n) is 13.3. The van der Waals surface area contributed by atoms with Gasteiger partial charge in [-0.25, -0.2) is 8.42 Å². The van der Waals surface area contributed by atoms with Crippen molar-refractivity contribution in [2.24, 2.45) is 5.73 Å². The average Bonchev–Trinajstić information content (AvgIpc) is 2.94. The van der Waals surface area contributed by atoms with Gasteiger partial charge in [0.25, 0.3) is 0 Å². The molecule has 8 heteroatoms. The van der Waals surface area contributed by atoms with E-state index in [1.807, 2.05) is 6.92 Å². The predicted molar refractivity (Wildman–Crippen MR) is 84.5 cm³/mol. The normalized spacial score (nSPS) is 22.2. The third kappa shape index (κ3) is 3.19. The molecule has 0 radical (unpaired) electrons. The van der Waals surface area contributed by atoms with Crippen LogP contribution < -0.4 is 10.5 Å². The van der Waals surface area contributed by atoms with Gasteiger partial charge in [0.15, 0.2) is 0 Å². The van der Waals surface area contributed by atoms with E-state index in [0.717, 1.165) is 0 Å². The van der Waals surface area contributed by atoms with Crippen molar-refractivity contribution in [2.45, 2.75) is 30.2 Å². The van der Waals surface area contributed by atoms with Gasteiger partial charge in [0.05, 0.1) is 18.1 Å². The summed E-state index contributed by atoms with van der Waals surface area (Å²) in [6.45, 7) is 2.53. The van der Waals surface area contributed by atoms with Crippen LogP contribution in [-0.4, -0.2) is 51.0 Å². The molecular weight excluding hydrogens is 320 g/mol. The van der Waals surface area contributed by atoms with Gasteiger partial charge in [-0.2, -0.15) is 4.31 Å². The molecule has 1 amide bonds. The predicted octanol–water partition coefficient (Wildman–Crippen LogP) is 0.740. The number of rotatable bonds is 7. The summed E-state index contributed by atoms with van der Waals surface area (Å²) in [6.07, 6.45) is 0.912. The number of benzene rings is 1. The molecule has 1 atom stereocenters. The molecule has 128 valence electrons. The lowest BCUT2D eigenvalue weighted by atomic mass is 9.98. The van der Waals surface area contributed by atoms with Crippen LogP contribution in [0.15, 0.2) is 29.2 Å². The maximum Gasteiger partial charge on any atom is 0.244 e. The van der Waals surface area contributed by atoms with Crippen LogP contribution in [-0.2, 0) is 19.6 Å². The molecule has 23 heavy (non-hydrogen) atoms. The fourth-order valence-corrected chi connectivity index (χ4v) is 4.70. The van der Waals surface area contributed by atoms with Gasteiger partial charge in [0.2, 0.25) is 15.9 Å². The smallest absolute Gasteiger partial charge is 0.244 e. The number of nitrogens with zero attached hydrogens (tertiary/aromatic N) is 1. The highest BCUT2D eigenvalue weighted by Gasteiger charge is 2.52. The summed E-state index contributed by atoms with van der Waals surface area (Å²) in [4.78, 5) is 12.1. The van der Waals surface area contributed by atoms with E-state index in [0.29, 0.717) is 25.2 Å². The summed E-state index contributed by atoms with van der Waals surface area (Å²) in [5, 5.41) is 0. The second-order valence-corrected chi connectivity index (χ2v) is 7.28. The second-order valence-electron chi connectivity index (χ2n) is 5.41. The van der Waals surface area contributed by atoms with E-state index in [2.05, 4.69) is 0 Å². The molecule has 7 nitrogen and oxygen atoms in total. The Kier molecular flexibility index (Phi) is 5.28. The summed E-state index contributed by atoms with van der Waals surface area (Å²) in [5.41, 5.74) is 4.18. The van der Waals surface area contributed by atoms with E-state index in [-0.39, 0.29) is 18.0 Å². The van der Waals surface area contributed by atoms with Crippen LogP contribution in [0.25, 0.3) is 0 Å². The van der Waals surface area contributed by atoms with E-state index in [9.17, 15) is 13.2 Å². The molecule has 0 saturated carbocycles. The van der Waals surface area contributed by atoms with E-state index >= 15 is 0 Å². The number of nitrogens with two attached hydrogens (primary N) is 1. The topological polar surface area (TPSA) is 98.9 Å².